The van der Waals surface area contributed by atoms with Gasteiger partial charge in [0.15, 0.2) is 12.3 Å². The molecule has 1 atom stereocenters. The van der Waals surface area contributed by atoms with Crippen LogP contribution in [0.2, 0.25) is 0 Å². The third kappa shape index (κ3) is 3.55. The third-order valence-electron chi connectivity index (χ3n) is 4.63. The number of hydrogen-bond donors (Lipinski definition) is 1. The van der Waals surface area contributed by atoms with Gasteiger partial charge in [-0.25, -0.2) is 9.89 Å². The number of fused-ring (bicyclic) bond motifs is 1. The Bertz CT molecular complexity index is 846. The molecule has 0 radical (unpaired) electrons. The monoisotopic (exact) mass is 343 g/mol. The molecule has 0 saturated carbocycles. The molecule has 0 spiro atoms. The minimum absolute atomic E-state index is 0.00804. The van der Waals surface area contributed by atoms with Crippen molar-refractivity contribution in [1.29, 1.82) is 0 Å². The number of aromatic nitrogens is 2. The molecule has 0 aliphatic carbocycles. The molecule has 132 valence electrons. The molecule has 7 heteroatoms. The van der Waals surface area contributed by atoms with Gasteiger partial charge in [0, 0.05) is 18.0 Å². The molecule has 1 aliphatic rings. The first kappa shape index (κ1) is 17.1. The predicted molar refractivity (Wildman–Crippen MR) is 92.3 cm³/mol. The Hall–Kier alpha value is -2.70. The number of rotatable bonds is 4. The topological polar surface area (TPSA) is 92.4 Å². The van der Waals surface area contributed by atoms with E-state index in [9.17, 15) is 14.4 Å². The molecular formula is C18H21N3O4. The number of amides is 1. The van der Waals surface area contributed by atoms with Crippen LogP contribution in [0.1, 0.15) is 43.1 Å². The largest absolute Gasteiger partial charge is 0.451 e. The van der Waals surface area contributed by atoms with Gasteiger partial charge >= 0.3 is 5.97 Å². The first-order valence-electron chi connectivity index (χ1n) is 8.55. The van der Waals surface area contributed by atoms with Gasteiger partial charge in [-0.15, -0.1) is 0 Å². The molecule has 2 aromatic rings. The third-order valence-corrected chi connectivity index (χ3v) is 4.63. The number of aromatic amines is 1. The smallest absolute Gasteiger partial charge is 0.359 e. The van der Waals surface area contributed by atoms with Crippen LogP contribution in [0, 0.1) is 0 Å². The summed E-state index contributed by atoms with van der Waals surface area (Å²) in [4.78, 5) is 38.3. The maximum Gasteiger partial charge on any atom is 0.359 e. The van der Waals surface area contributed by atoms with Crippen molar-refractivity contribution in [3.63, 3.8) is 0 Å². The second-order valence-corrected chi connectivity index (χ2v) is 6.17. The highest BCUT2D eigenvalue weighted by atomic mass is 16.5. The molecule has 3 rings (SSSR count). The number of ether oxygens (including phenoxy) is 1. The molecule has 7 nitrogen and oxygen atoms in total. The molecule has 2 heterocycles. The van der Waals surface area contributed by atoms with Gasteiger partial charge in [0.05, 0.1) is 5.39 Å². The quantitative estimate of drug-likeness (QED) is 0.856. The van der Waals surface area contributed by atoms with Crippen molar-refractivity contribution in [3.8, 4) is 0 Å². The summed E-state index contributed by atoms with van der Waals surface area (Å²) >= 11 is 0. The molecular weight excluding hydrogens is 322 g/mol. The molecule has 1 aromatic heterocycles. The van der Waals surface area contributed by atoms with Crippen molar-refractivity contribution in [1.82, 2.24) is 15.1 Å². The highest BCUT2D eigenvalue weighted by Crippen LogP contribution is 2.20. The molecule has 0 bridgehead atoms. The molecule has 1 unspecified atom stereocenters. The lowest BCUT2D eigenvalue weighted by atomic mass is 10.00. The van der Waals surface area contributed by atoms with Crippen LogP contribution >= 0.6 is 0 Å². The summed E-state index contributed by atoms with van der Waals surface area (Å²) < 4.78 is 5.17. The molecule has 1 aromatic carbocycles. The zero-order chi connectivity index (χ0) is 17.8. The summed E-state index contributed by atoms with van der Waals surface area (Å²) in [5, 5.41) is 6.85. The van der Waals surface area contributed by atoms with E-state index in [0.29, 0.717) is 17.3 Å². The SMILES string of the molecule is CCC1CCCCN1C(=O)COC(=O)c1n[nH]c(=O)c2ccccc12. The van der Waals surface area contributed by atoms with Crippen LogP contribution in [-0.2, 0) is 9.53 Å². The lowest BCUT2D eigenvalue weighted by Crippen LogP contribution is -2.45. The number of nitrogens with one attached hydrogen (secondary N) is 1. The fourth-order valence-electron chi connectivity index (χ4n) is 3.30. The summed E-state index contributed by atoms with van der Waals surface area (Å²) in [6, 6.07) is 6.88. The van der Waals surface area contributed by atoms with Crippen molar-refractivity contribution in [3.05, 3.63) is 40.3 Å². The van der Waals surface area contributed by atoms with E-state index in [1.165, 1.54) is 0 Å². The predicted octanol–water partition coefficient (Wildman–Crippen LogP) is 1.87. The van der Waals surface area contributed by atoms with Crippen molar-refractivity contribution >= 4 is 22.6 Å². The Morgan fingerprint density at radius 2 is 2.04 bits per heavy atom. The van der Waals surface area contributed by atoms with Crippen molar-refractivity contribution in [2.45, 2.75) is 38.6 Å². The van der Waals surface area contributed by atoms with E-state index < -0.39 is 5.97 Å². The lowest BCUT2D eigenvalue weighted by molar-refractivity contribution is -0.138. The van der Waals surface area contributed by atoms with E-state index in [4.69, 9.17) is 4.74 Å². The average Bonchev–Trinajstić information content (AvgIpc) is 2.66. The van der Waals surface area contributed by atoms with E-state index >= 15 is 0 Å². The molecule has 25 heavy (non-hydrogen) atoms. The van der Waals surface area contributed by atoms with Gasteiger partial charge in [-0.3, -0.25) is 9.59 Å². The van der Waals surface area contributed by atoms with E-state index in [2.05, 4.69) is 17.1 Å². The van der Waals surface area contributed by atoms with Gasteiger partial charge in [0.2, 0.25) is 0 Å². The maximum atomic E-state index is 12.4. The fourth-order valence-corrected chi connectivity index (χ4v) is 3.30. The van der Waals surface area contributed by atoms with Gasteiger partial charge in [0.25, 0.3) is 11.5 Å². The number of piperidine rings is 1. The summed E-state index contributed by atoms with van der Waals surface area (Å²) in [6.45, 7) is 2.44. The summed E-state index contributed by atoms with van der Waals surface area (Å²) in [5.74, 6) is -0.903. The van der Waals surface area contributed by atoms with Crippen LogP contribution in [0.4, 0.5) is 0 Å². The Kier molecular flexibility index (Phi) is 5.11. The standard InChI is InChI=1S/C18H21N3O4/c1-2-12-7-5-6-10-21(12)15(22)11-25-18(24)16-13-8-3-4-9-14(13)17(23)20-19-16/h3-4,8-9,12H,2,5-7,10-11H2,1H3,(H,20,23). The van der Waals surface area contributed by atoms with E-state index in [0.717, 1.165) is 25.7 Å². The number of esters is 1. The van der Waals surface area contributed by atoms with Crippen molar-refractivity contribution in [2.24, 2.45) is 0 Å². The van der Waals surface area contributed by atoms with E-state index in [1.807, 2.05) is 0 Å². The number of hydrogen-bond acceptors (Lipinski definition) is 5. The van der Waals surface area contributed by atoms with E-state index in [1.54, 1.807) is 29.2 Å². The van der Waals surface area contributed by atoms with Crippen LogP contribution in [0.15, 0.2) is 29.1 Å². The van der Waals surface area contributed by atoms with Crippen LogP contribution in [0.3, 0.4) is 0 Å². The summed E-state index contributed by atoms with van der Waals surface area (Å²) in [5.41, 5.74) is -0.365. The lowest BCUT2D eigenvalue weighted by Gasteiger charge is -2.35. The summed E-state index contributed by atoms with van der Waals surface area (Å²) in [7, 11) is 0. The zero-order valence-corrected chi connectivity index (χ0v) is 14.2. The Balaban J connectivity index is 1.72. The number of H-pyrrole nitrogens is 1. The first-order valence-corrected chi connectivity index (χ1v) is 8.55. The zero-order valence-electron chi connectivity index (χ0n) is 14.2. The second-order valence-electron chi connectivity index (χ2n) is 6.17. The number of benzene rings is 1. The second kappa shape index (κ2) is 7.46. The van der Waals surface area contributed by atoms with Crippen LogP contribution in [0.5, 0.6) is 0 Å². The maximum absolute atomic E-state index is 12.4. The van der Waals surface area contributed by atoms with Crippen LogP contribution in [0.25, 0.3) is 10.8 Å². The Morgan fingerprint density at radius 3 is 2.80 bits per heavy atom. The van der Waals surface area contributed by atoms with E-state index in [-0.39, 0.29) is 29.8 Å². The average molecular weight is 343 g/mol. The highest BCUT2D eigenvalue weighted by molar-refractivity contribution is 6.02. The minimum Gasteiger partial charge on any atom is -0.451 e. The van der Waals surface area contributed by atoms with Crippen LogP contribution in [-0.4, -0.2) is 46.2 Å². The Morgan fingerprint density at radius 1 is 1.28 bits per heavy atom. The number of carbonyl (C=O) groups excluding carboxylic acids is 2. The van der Waals surface area contributed by atoms with Gasteiger partial charge in [-0.1, -0.05) is 25.1 Å². The first-order chi connectivity index (χ1) is 12.1. The highest BCUT2D eigenvalue weighted by Gasteiger charge is 2.26. The molecule has 1 N–H and O–H groups in total. The fraction of sp³-hybridized carbons (Fsp3) is 0.444. The Labute approximate surface area is 145 Å². The normalized spacial score (nSPS) is 17.5. The number of nitrogens with zero attached hydrogens (tertiary/aromatic N) is 2. The number of likely N-dealkylation sites (tertiary alicyclic amines) is 1. The summed E-state index contributed by atoms with van der Waals surface area (Å²) in [6.07, 6.45) is 3.98. The molecule has 1 fully saturated rings. The minimum atomic E-state index is -0.717. The van der Waals surface area contributed by atoms with Gasteiger partial charge in [-0.05, 0) is 31.7 Å². The molecule has 1 amide bonds. The molecule has 1 saturated heterocycles. The van der Waals surface area contributed by atoms with Gasteiger partial charge in [-0.2, -0.15) is 5.10 Å². The van der Waals surface area contributed by atoms with Crippen LogP contribution < -0.4 is 5.56 Å². The van der Waals surface area contributed by atoms with Crippen molar-refractivity contribution < 1.29 is 14.3 Å². The van der Waals surface area contributed by atoms with Gasteiger partial charge < -0.3 is 9.64 Å². The van der Waals surface area contributed by atoms with Gasteiger partial charge in [0.1, 0.15) is 0 Å². The van der Waals surface area contributed by atoms with Crippen molar-refractivity contribution in [2.75, 3.05) is 13.2 Å². The number of carbonyl (C=O) groups is 2. The molecule has 1 aliphatic heterocycles.